The summed E-state index contributed by atoms with van der Waals surface area (Å²) in [5, 5.41) is 0. The molecule has 0 bridgehead atoms. The van der Waals surface area contributed by atoms with Gasteiger partial charge in [0.05, 0.1) is 6.67 Å². The van der Waals surface area contributed by atoms with Gasteiger partial charge in [-0.1, -0.05) is 43.2 Å². The average Bonchev–Trinajstić information content (AvgIpc) is 2.22. The Morgan fingerprint density at radius 2 is 1.86 bits per heavy atom. The van der Waals surface area contributed by atoms with E-state index in [0.29, 0.717) is 0 Å². The van der Waals surface area contributed by atoms with Crippen molar-refractivity contribution >= 4 is 0 Å². The summed E-state index contributed by atoms with van der Waals surface area (Å²) in [5.74, 6) is 0.247. The van der Waals surface area contributed by atoms with Gasteiger partial charge in [-0.2, -0.15) is 0 Å². The molecule has 0 amide bonds. The molecule has 0 fully saturated rings. The summed E-state index contributed by atoms with van der Waals surface area (Å²) >= 11 is 0. The summed E-state index contributed by atoms with van der Waals surface area (Å²) in [7, 11) is 0. The lowest BCUT2D eigenvalue weighted by Gasteiger charge is -2.09. The van der Waals surface area contributed by atoms with Crippen molar-refractivity contribution in [3.63, 3.8) is 0 Å². The molecule has 78 valence electrons. The molecule has 0 saturated carbocycles. The van der Waals surface area contributed by atoms with Gasteiger partial charge in [-0.05, 0) is 31.2 Å². The largest absolute Gasteiger partial charge is 0.251 e. The summed E-state index contributed by atoms with van der Waals surface area (Å²) < 4.78 is 12.4. The van der Waals surface area contributed by atoms with Crippen LogP contribution in [0.25, 0.3) is 0 Å². The number of rotatable bonds is 5. The highest BCUT2D eigenvalue weighted by molar-refractivity contribution is 5.21. The van der Waals surface area contributed by atoms with E-state index in [0.717, 1.165) is 19.3 Å². The molecule has 0 radical (unpaired) electrons. The molecule has 1 atom stereocenters. The Bertz CT molecular complexity index is 246. The van der Waals surface area contributed by atoms with Crippen molar-refractivity contribution in [2.24, 2.45) is 5.92 Å². The smallest absolute Gasteiger partial charge is 0.0922 e. The molecule has 1 aromatic rings. The van der Waals surface area contributed by atoms with E-state index in [1.54, 1.807) is 0 Å². The van der Waals surface area contributed by atoms with Gasteiger partial charge in [-0.25, -0.2) is 0 Å². The third-order valence-corrected chi connectivity index (χ3v) is 2.76. The van der Waals surface area contributed by atoms with Gasteiger partial charge >= 0.3 is 0 Å². The Morgan fingerprint density at radius 3 is 2.36 bits per heavy atom. The summed E-state index contributed by atoms with van der Waals surface area (Å²) in [6, 6.07) is 8.51. The minimum Gasteiger partial charge on any atom is -0.251 e. The zero-order valence-corrected chi connectivity index (χ0v) is 9.09. The van der Waals surface area contributed by atoms with Gasteiger partial charge < -0.3 is 0 Å². The van der Waals surface area contributed by atoms with E-state index in [1.165, 1.54) is 11.1 Å². The van der Waals surface area contributed by atoms with Crippen LogP contribution in [0.1, 0.15) is 30.9 Å². The molecular weight excluding hydrogens is 175 g/mol. The first-order valence-corrected chi connectivity index (χ1v) is 5.37. The quantitative estimate of drug-likeness (QED) is 0.666. The molecule has 1 rings (SSSR count). The second-order valence-electron chi connectivity index (χ2n) is 3.95. The summed E-state index contributed by atoms with van der Waals surface area (Å²) in [6.07, 6.45) is 2.92. The Labute approximate surface area is 86.2 Å². The van der Waals surface area contributed by atoms with Crippen LogP contribution in [-0.4, -0.2) is 6.67 Å². The van der Waals surface area contributed by atoms with E-state index in [1.807, 2.05) is 0 Å². The lowest BCUT2D eigenvalue weighted by atomic mass is 9.98. The van der Waals surface area contributed by atoms with Gasteiger partial charge in [-0.3, -0.25) is 4.39 Å². The molecule has 0 aliphatic rings. The Hall–Kier alpha value is -0.850. The minimum atomic E-state index is -0.178. The van der Waals surface area contributed by atoms with Gasteiger partial charge in [0.2, 0.25) is 0 Å². The lowest BCUT2D eigenvalue weighted by Crippen LogP contribution is -2.02. The predicted octanol–water partition coefficient (Wildman–Crippen LogP) is 3.92. The molecule has 0 heterocycles. The molecule has 0 N–H and O–H groups in total. The maximum atomic E-state index is 12.4. The average molecular weight is 194 g/mol. The highest BCUT2D eigenvalue weighted by Gasteiger charge is 2.05. The number of benzene rings is 1. The van der Waals surface area contributed by atoms with Crippen molar-refractivity contribution in [2.75, 3.05) is 6.67 Å². The van der Waals surface area contributed by atoms with Gasteiger partial charge in [-0.15, -0.1) is 0 Å². The SMILES string of the molecule is CCC(CF)CCc1ccc(C)cc1. The van der Waals surface area contributed by atoms with Crippen molar-refractivity contribution in [3.8, 4) is 0 Å². The monoisotopic (exact) mass is 194 g/mol. The third-order valence-electron chi connectivity index (χ3n) is 2.76. The summed E-state index contributed by atoms with van der Waals surface area (Å²) in [6.45, 7) is 3.96. The molecule has 0 spiro atoms. The molecular formula is C13H19F. The third kappa shape index (κ3) is 3.49. The van der Waals surface area contributed by atoms with Crippen LogP contribution in [0.4, 0.5) is 4.39 Å². The van der Waals surface area contributed by atoms with E-state index in [9.17, 15) is 4.39 Å². The van der Waals surface area contributed by atoms with E-state index in [2.05, 4.69) is 38.1 Å². The molecule has 0 nitrogen and oxygen atoms in total. The fourth-order valence-electron chi connectivity index (χ4n) is 1.52. The molecule has 0 aromatic heterocycles. The van der Waals surface area contributed by atoms with Gasteiger partial charge in [0, 0.05) is 0 Å². The number of alkyl halides is 1. The zero-order valence-electron chi connectivity index (χ0n) is 9.09. The van der Waals surface area contributed by atoms with Crippen molar-refractivity contribution in [1.82, 2.24) is 0 Å². The predicted molar refractivity (Wildman–Crippen MR) is 59.3 cm³/mol. The molecule has 0 aliphatic heterocycles. The van der Waals surface area contributed by atoms with Crippen LogP contribution in [0.3, 0.4) is 0 Å². The van der Waals surface area contributed by atoms with Crippen LogP contribution in [0, 0.1) is 12.8 Å². The van der Waals surface area contributed by atoms with Crippen molar-refractivity contribution in [2.45, 2.75) is 33.1 Å². The number of aryl methyl sites for hydroxylation is 2. The molecule has 14 heavy (non-hydrogen) atoms. The second-order valence-corrected chi connectivity index (χ2v) is 3.95. The van der Waals surface area contributed by atoms with Gasteiger partial charge in [0.1, 0.15) is 0 Å². The van der Waals surface area contributed by atoms with Crippen molar-refractivity contribution in [1.29, 1.82) is 0 Å². The van der Waals surface area contributed by atoms with Crippen LogP contribution in [0.15, 0.2) is 24.3 Å². The molecule has 1 heteroatoms. The highest BCUT2D eigenvalue weighted by Crippen LogP contribution is 2.14. The Balaban J connectivity index is 2.41. The lowest BCUT2D eigenvalue weighted by molar-refractivity contribution is 0.336. The van der Waals surface area contributed by atoms with Crippen molar-refractivity contribution < 1.29 is 4.39 Å². The van der Waals surface area contributed by atoms with Crippen LogP contribution < -0.4 is 0 Å². The van der Waals surface area contributed by atoms with Gasteiger partial charge in [0.15, 0.2) is 0 Å². The number of halogens is 1. The Kier molecular flexibility index (Phi) is 4.64. The number of hydrogen-bond acceptors (Lipinski definition) is 0. The van der Waals surface area contributed by atoms with E-state index in [4.69, 9.17) is 0 Å². The standard InChI is InChI=1S/C13H19F/c1-3-12(10-14)8-9-13-6-4-11(2)5-7-13/h4-7,12H,3,8-10H2,1-2H3. The molecule has 0 aliphatic carbocycles. The molecule has 0 saturated heterocycles. The molecule has 1 unspecified atom stereocenters. The maximum Gasteiger partial charge on any atom is 0.0922 e. The van der Waals surface area contributed by atoms with E-state index >= 15 is 0 Å². The first-order valence-electron chi connectivity index (χ1n) is 5.37. The van der Waals surface area contributed by atoms with Crippen LogP contribution in [0.2, 0.25) is 0 Å². The van der Waals surface area contributed by atoms with Crippen LogP contribution in [0.5, 0.6) is 0 Å². The first-order chi connectivity index (χ1) is 6.76. The number of hydrogen-bond donors (Lipinski definition) is 0. The second kappa shape index (κ2) is 5.79. The van der Waals surface area contributed by atoms with Gasteiger partial charge in [0.25, 0.3) is 0 Å². The highest BCUT2D eigenvalue weighted by atomic mass is 19.1. The zero-order chi connectivity index (χ0) is 10.4. The normalized spacial score (nSPS) is 12.8. The van der Waals surface area contributed by atoms with Crippen LogP contribution in [-0.2, 0) is 6.42 Å². The fraction of sp³-hybridized carbons (Fsp3) is 0.538. The van der Waals surface area contributed by atoms with Crippen molar-refractivity contribution in [3.05, 3.63) is 35.4 Å². The van der Waals surface area contributed by atoms with E-state index in [-0.39, 0.29) is 12.6 Å². The summed E-state index contributed by atoms with van der Waals surface area (Å²) in [4.78, 5) is 0. The first kappa shape index (κ1) is 11.2. The molecule has 1 aromatic carbocycles. The topological polar surface area (TPSA) is 0 Å². The minimum absolute atomic E-state index is 0.178. The maximum absolute atomic E-state index is 12.4. The summed E-state index contributed by atoms with van der Waals surface area (Å²) in [5.41, 5.74) is 2.61. The van der Waals surface area contributed by atoms with E-state index < -0.39 is 0 Å². The van der Waals surface area contributed by atoms with Crippen LogP contribution >= 0.6 is 0 Å². The Morgan fingerprint density at radius 1 is 1.21 bits per heavy atom. The fourth-order valence-corrected chi connectivity index (χ4v) is 1.52.